The first-order chi connectivity index (χ1) is 5.93. The van der Waals surface area contributed by atoms with Crippen molar-refractivity contribution in [2.24, 2.45) is 5.92 Å². The molecule has 4 nitrogen and oxygen atoms in total. The molecule has 1 fully saturated rings. The highest BCUT2D eigenvalue weighted by Crippen LogP contribution is 2.21. The second kappa shape index (κ2) is 3.94. The molecule has 0 aliphatic carbocycles. The highest BCUT2D eigenvalue weighted by atomic mass is 32.2. The van der Waals surface area contributed by atoms with Crippen LogP contribution >= 0.6 is 0 Å². The lowest BCUT2D eigenvalue weighted by Crippen LogP contribution is -2.30. The first kappa shape index (κ1) is 10.9. The first-order valence-electron chi connectivity index (χ1n) is 4.56. The van der Waals surface area contributed by atoms with E-state index in [0.717, 1.165) is 12.8 Å². The van der Waals surface area contributed by atoms with E-state index >= 15 is 0 Å². The van der Waals surface area contributed by atoms with Crippen LogP contribution in [0, 0.1) is 5.92 Å². The zero-order chi connectivity index (χ0) is 10.1. The average Bonchev–Trinajstić information content (AvgIpc) is 2.25. The Hall–Kier alpha value is -0.130. The van der Waals surface area contributed by atoms with E-state index in [2.05, 4.69) is 13.8 Å². The van der Waals surface area contributed by atoms with E-state index in [-0.39, 0.29) is 6.04 Å². The van der Waals surface area contributed by atoms with Crippen LogP contribution in [-0.4, -0.2) is 32.4 Å². The van der Waals surface area contributed by atoms with Crippen LogP contribution in [-0.2, 0) is 14.5 Å². The van der Waals surface area contributed by atoms with Crippen molar-refractivity contribution in [1.82, 2.24) is 4.31 Å². The van der Waals surface area contributed by atoms with E-state index in [1.165, 1.54) is 4.31 Å². The van der Waals surface area contributed by atoms with Crippen LogP contribution in [0.5, 0.6) is 0 Å². The Bertz CT molecular complexity index is 261. The van der Waals surface area contributed by atoms with Crippen LogP contribution in [0.15, 0.2) is 0 Å². The van der Waals surface area contributed by atoms with Gasteiger partial charge < -0.3 is 0 Å². The molecule has 1 atom stereocenters. The quantitative estimate of drug-likeness (QED) is 0.693. The molecule has 1 unspecified atom stereocenters. The van der Waals surface area contributed by atoms with Crippen molar-refractivity contribution >= 4 is 10.3 Å². The van der Waals surface area contributed by atoms with Gasteiger partial charge in [-0.2, -0.15) is 12.7 Å². The summed E-state index contributed by atoms with van der Waals surface area (Å²) in [5.74, 6) is 0.608. The number of hydrogen-bond donors (Lipinski definition) is 0. The summed E-state index contributed by atoms with van der Waals surface area (Å²) in [5, 5.41) is 0. The normalized spacial score (nSPS) is 28.5. The van der Waals surface area contributed by atoms with Gasteiger partial charge in [0.05, 0.1) is 12.6 Å². The largest absolute Gasteiger partial charge is 0.338 e. The molecule has 1 aliphatic rings. The van der Waals surface area contributed by atoms with E-state index in [9.17, 15) is 8.42 Å². The summed E-state index contributed by atoms with van der Waals surface area (Å²) in [6.07, 6.45) is 1.92. The predicted molar refractivity (Wildman–Crippen MR) is 50.5 cm³/mol. The molecular weight excluding hydrogens is 190 g/mol. The van der Waals surface area contributed by atoms with Gasteiger partial charge in [-0.15, -0.1) is 0 Å². The molecule has 1 heterocycles. The fraction of sp³-hybridized carbons (Fsp3) is 1.00. The van der Waals surface area contributed by atoms with E-state index < -0.39 is 10.3 Å². The minimum Gasteiger partial charge on any atom is -0.256 e. The van der Waals surface area contributed by atoms with E-state index in [1.807, 2.05) is 0 Å². The van der Waals surface area contributed by atoms with Crippen LogP contribution in [0.25, 0.3) is 0 Å². The Morgan fingerprint density at radius 2 is 2.15 bits per heavy atom. The third kappa shape index (κ3) is 2.65. The lowest BCUT2D eigenvalue weighted by molar-refractivity contribution is 0.300. The maximum atomic E-state index is 11.1. The number of likely N-dealkylation sites (N-methyl/N-ethyl adjacent to an activating group) is 1. The zero-order valence-corrected chi connectivity index (χ0v) is 9.17. The van der Waals surface area contributed by atoms with Gasteiger partial charge in [-0.25, -0.2) is 0 Å². The molecule has 0 N–H and O–H groups in total. The molecule has 0 saturated carbocycles. The van der Waals surface area contributed by atoms with Crippen molar-refractivity contribution in [3.05, 3.63) is 0 Å². The third-order valence-corrected chi connectivity index (χ3v) is 3.79. The molecule has 13 heavy (non-hydrogen) atoms. The topological polar surface area (TPSA) is 46.6 Å². The van der Waals surface area contributed by atoms with Crippen molar-refractivity contribution in [3.63, 3.8) is 0 Å². The molecule has 78 valence electrons. The Morgan fingerprint density at radius 1 is 1.54 bits per heavy atom. The molecule has 0 aromatic rings. The minimum absolute atomic E-state index is 0.0346. The molecule has 0 spiro atoms. The molecule has 1 rings (SSSR count). The third-order valence-electron chi connectivity index (χ3n) is 2.35. The second-order valence-electron chi connectivity index (χ2n) is 3.88. The van der Waals surface area contributed by atoms with Gasteiger partial charge in [0.25, 0.3) is 0 Å². The van der Waals surface area contributed by atoms with Crippen LogP contribution < -0.4 is 0 Å². The molecule has 0 aromatic heterocycles. The van der Waals surface area contributed by atoms with Crippen LogP contribution in [0.1, 0.15) is 26.7 Å². The lowest BCUT2D eigenvalue weighted by atomic mass is 10.0. The van der Waals surface area contributed by atoms with Crippen molar-refractivity contribution in [2.45, 2.75) is 32.7 Å². The van der Waals surface area contributed by atoms with Crippen molar-refractivity contribution in [2.75, 3.05) is 13.7 Å². The van der Waals surface area contributed by atoms with E-state index in [1.54, 1.807) is 7.05 Å². The summed E-state index contributed by atoms with van der Waals surface area (Å²) in [7, 11) is -1.81. The van der Waals surface area contributed by atoms with Gasteiger partial charge in [0, 0.05) is 7.05 Å². The predicted octanol–water partition coefficient (Wildman–Crippen LogP) is 0.998. The maximum absolute atomic E-state index is 11.1. The molecule has 0 bridgehead atoms. The van der Waals surface area contributed by atoms with Crippen molar-refractivity contribution < 1.29 is 12.6 Å². The summed E-state index contributed by atoms with van der Waals surface area (Å²) < 4.78 is 28.3. The highest BCUT2D eigenvalue weighted by molar-refractivity contribution is 7.84. The monoisotopic (exact) mass is 207 g/mol. The second-order valence-corrected chi connectivity index (χ2v) is 5.55. The Balaban J connectivity index is 2.47. The Labute approximate surface area is 80.1 Å². The summed E-state index contributed by atoms with van der Waals surface area (Å²) in [6, 6.07) is 0.0346. The summed E-state index contributed by atoms with van der Waals surface area (Å²) in [6.45, 7) is 4.57. The molecule has 1 aliphatic heterocycles. The SMILES string of the molecule is CC(C)CCC1COS(=O)(=O)N1C. The summed E-state index contributed by atoms with van der Waals surface area (Å²) >= 11 is 0. The smallest absolute Gasteiger partial charge is 0.256 e. The number of rotatable bonds is 3. The standard InChI is InChI=1S/C8H17NO3S/c1-7(2)4-5-8-6-12-13(10,11)9(8)3/h7-8H,4-6H2,1-3H3. The van der Waals surface area contributed by atoms with Crippen LogP contribution in [0.2, 0.25) is 0 Å². The molecule has 5 heteroatoms. The van der Waals surface area contributed by atoms with E-state index in [4.69, 9.17) is 4.18 Å². The highest BCUT2D eigenvalue weighted by Gasteiger charge is 2.34. The van der Waals surface area contributed by atoms with Gasteiger partial charge in [0.15, 0.2) is 0 Å². The minimum atomic E-state index is -3.39. The molecule has 0 radical (unpaired) electrons. The van der Waals surface area contributed by atoms with Gasteiger partial charge in [-0.1, -0.05) is 13.8 Å². The van der Waals surface area contributed by atoms with Crippen molar-refractivity contribution in [1.29, 1.82) is 0 Å². The maximum Gasteiger partial charge on any atom is 0.338 e. The number of nitrogens with zero attached hydrogens (tertiary/aromatic N) is 1. The van der Waals surface area contributed by atoms with Gasteiger partial charge >= 0.3 is 10.3 Å². The fourth-order valence-electron chi connectivity index (χ4n) is 1.33. The van der Waals surface area contributed by atoms with Gasteiger partial charge in [-0.05, 0) is 18.8 Å². The molecule has 1 saturated heterocycles. The summed E-state index contributed by atoms with van der Waals surface area (Å²) in [4.78, 5) is 0. The van der Waals surface area contributed by atoms with E-state index in [0.29, 0.717) is 12.5 Å². The Kier molecular flexibility index (Phi) is 3.32. The average molecular weight is 207 g/mol. The molecule has 0 aromatic carbocycles. The van der Waals surface area contributed by atoms with Crippen LogP contribution in [0.4, 0.5) is 0 Å². The zero-order valence-electron chi connectivity index (χ0n) is 8.36. The van der Waals surface area contributed by atoms with Crippen LogP contribution in [0.3, 0.4) is 0 Å². The fourth-order valence-corrected chi connectivity index (χ4v) is 2.35. The van der Waals surface area contributed by atoms with Gasteiger partial charge in [0.2, 0.25) is 0 Å². The summed E-state index contributed by atoms with van der Waals surface area (Å²) in [5.41, 5.74) is 0. The molecule has 0 amide bonds. The van der Waals surface area contributed by atoms with Gasteiger partial charge in [0.1, 0.15) is 0 Å². The lowest BCUT2D eigenvalue weighted by Gasteiger charge is -2.15. The first-order valence-corrected chi connectivity index (χ1v) is 5.92. The van der Waals surface area contributed by atoms with Crippen molar-refractivity contribution in [3.8, 4) is 0 Å². The molecular formula is C8H17NO3S. The number of hydrogen-bond acceptors (Lipinski definition) is 3. The Morgan fingerprint density at radius 3 is 2.54 bits per heavy atom. The van der Waals surface area contributed by atoms with Gasteiger partial charge in [-0.3, -0.25) is 4.18 Å².